The van der Waals surface area contributed by atoms with E-state index in [-0.39, 0.29) is 0 Å². The maximum atomic E-state index is 5.92. The molecule has 0 spiro atoms. The number of nitrogens with zero attached hydrogens (tertiary/aromatic N) is 2. The second-order valence-electron chi connectivity index (χ2n) is 2.92. The third-order valence-corrected chi connectivity index (χ3v) is 2.88. The van der Waals surface area contributed by atoms with Gasteiger partial charge in [0.05, 0.1) is 12.7 Å². The average Bonchev–Trinajstić information content (AvgIpc) is 2.51. The number of benzene rings is 1. The Bertz CT molecular complexity index is 405. The van der Waals surface area contributed by atoms with Crippen LogP contribution in [0.2, 0.25) is 5.28 Å². The molecule has 2 aromatic rings. The van der Waals surface area contributed by atoms with Crippen LogP contribution < -0.4 is 0 Å². The quantitative estimate of drug-likeness (QED) is 0.819. The van der Waals surface area contributed by atoms with Gasteiger partial charge in [0.25, 0.3) is 0 Å². The molecule has 14 heavy (non-hydrogen) atoms. The van der Waals surface area contributed by atoms with Gasteiger partial charge < -0.3 is 4.57 Å². The molecule has 1 heterocycles. The Morgan fingerprint density at radius 2 is 2.00 bits per heavy atom. The molecule has 1 aromatic heterocycles. The first kappa shape index (κ1) is 9.74. The molecular weight excluding hydrogens is 263 g/mol. The predicted molar refractivity (Wildman–Crippen MR) is 60.5 cm³/mol. The van der Waals surface area contributed by atoms with E-state index in [0.717, 1.165) is 11.1 Å². The van der Waals surface area contributed by atoms with E-state index in [9.17, 15) is 0 Å². The van der Waals surface area contributed by atoms with Crippen LogP contribution in [0.3, 0.4) is 0 Å². The minimum Gasteiger partial charge on any atom is -0.305 e. The molecule has 0 aliphatic rings. The third kappa shape index (κ3) is 1.99. The zero-order valence-electron chi connectivity index (χ0n) is 7.32. The first-order valence-electron chi connectivity index (χ1n) is 4.18. The van der Waals surface area contributed by atoms with Crippen molar-refractivity contribution < 1.29 is 0 Å². The maximum Gasteiger partial charge on any atom is 0.203 e. The fourth-order valence-corrected chi connectivity index (χ4v) is 1.94. The van der Waals surface area contributed by atoms with E-state index >= 15 is 0 Å². The van der Waals surface area contributed by atoms with Crippen LogP contribution in [0.1, 0.15) is 5.56 Å². The second-order valence-corrected chi connectivity index (χ2v) is 4.07. The highest BCUT2D eigenvalue weighted by Gasteiger charge is 2.05. The molecule has 2 nitrogen and oxygen atoms in total. The molecule has 0 aliphatic carbocycles. The van der Waals surface area contributed by atoms with Gasteiger partial charge in [0, 0.05) is 0 Å². The van der Waals surface area contributed by atoms with Crippen molar-refractivity contribution in [3.8, 4) is 0 Å². The van der Waals surface area contributed by atoms with Crippen molar-refractivity contribution in [1.29, 1.82) is 0 Å². The van der Waals surface area contributed by atoms with Gasteiger partial charge in [0.1, 0.15) is 4.60 Å². The summed E-state index contributed by atoms with van der Waals surface area (Å²) in [5.74, 6) is 0. The first-order valence-corrected chi connectivity index (χ1v) is 5.35. The van der Waals surface area contributed by atoms with Crippen molar-refractivity contribution in [3.05, 3.63) is 52.0 Å². The number of hydrogen-bond acceptors (Lipinski definition) is 1. The maximum absolute atomic E-state index is 5.92. The molecule has 0 saturated heterocycles. The van der Waals surface area contributed by atoms with E-state index in [1.807, 2.05) is 22.8 Å². The fourth-order valence-electron chi connectivity index (χ4n) is 1.24. The first-order chi connectivity index (χ1) is 6.77. The second kappa shape index (κ2) is 4.15. The number of hydrogen-bond donors (Lipinski definition) is 0. The van der Waals surface area contributed by atoms with Crippen molar-refractivity contribution >= 4 is 27.5 Å². The Hall–Kier alpha value is -0.800. The van der Waals surface area contributed by atoms with Gasteiger partial charge in [-0.1, -0.05) is 30.3 Å². The van der Waals surface area contributed by atoms with Gasteiger partial charge in [-0.2, -0.15) is 0 Å². The smallest absolute Gasteiger partial charge is 0.203 e. The lowest BCUT2D eigenvalue weighted by Gasteiger charge is -2.05. The summed E-state index contributed by atoms with van der Waals surface area (Å²) in [7, 11) is 0. The van der Waals surface area contributed by atoms with Crippen molar-refractivity contribution in [2.75, 3.05) is 0 Å². The summed E-state index contributed by atoms with van der Waals surface area (Å²) < 4.78 is 2.79. The molecule has 1 aromatic carbocycles. The van der Waals surface area contributed by atoms with Crippen LogP contribution in [0.5, 0.6) is 0 Å². The Balaban J connectivity index is 2.27. The Morgan fingerprint density at radius 1 is 1.29 bits per heavy atom. The molecule has 4 heteroatoms. The van der Waals surface area contributed by atoms with Crippen LogP contribution in [0, 0.1) is 0 Å². The van der Waals surface area contributed by atoms with Gasteiger partial charge in [-0.25, -0.2) is 4.98 Å². The molecule has 0 radical (unpaired) electrons. The lowest BCUT2D eigenvalue weighted by atomic mass is 10.2. The molecule has 72 valence electrons. The van der Waals surface area contributed by atoms with Gasteiger partial charge >= 0.3 is 0 Å². The summed E-state index contributed by atoms with van der Waals surface area (Å²) in [6.45, 7) is 0.736. The van der Waals surface area contributed by atoms with E-state index in [2.05, 4.69) is 33.0 Å². The van der Waals surface area contributed by atoms with Crippen LogP contribution in [0.15, 0.2) is 41.1 Å². The summed E-state index contributed by atoms with van der Waals surface area (Å²) in [6.07, 6.45) is 1.70. The highest BCUT2D eigenvalue weighted by Crippen LogP contribution is 2.18. The van der Waals surface area contributed by atoms with Gasteiger partial charge in [0.15, 0.2) is 0 Å². The van der Waals surface area contributed by atoms with E-state index in [4.69, 9.17) is 11.6 Å². The number of halogens is 2. The third-order valence-electron chi connectivity index (χ3n) is 1.94. The molecule has 0 unspecified atom stereocenters. The van der Waals surface area contributed by atoms with E-state index in [0.29, 0.717) is 5.28 Å². The number of aromatic nitrogens is 2. The van der Waals surface area contributed by atoms with Crippen LogP contribution in [0.25, 0.3) is 0 Å². The highest BCUT2D eigenvalue weighted by atomic mass is 79.9. The predicted octanol–water partition coefficient (Wildman–Crippen LogP) is 3.35. The summed E-state index contributed by atoms with van der Waals surface area (Å²) in [6, 6.07) is 10.1. The molecule has 0 N–H and O–H groups in total. The lowest BCUT2D eigenvalue weighted by Crippen LogP contribution is -1.99. The Morgan fingerprint density at radius 3 is 2.57 bits per heavy atom. The summed E-state index contributed by atoms with van der Waals surface area (Å²) >= 11 is 9.31. The molecule has 0 aliphatic heterocycles. The van der Waals surface area contributed by atoms with Crippen LogP contribution in [-0.2, 0) is 6.54 Å². The Kier molecular flexibility index (Phi) is 2.89. The van der Waals surface area contributed by atoms with Crippen LogP contribution in [0.4, 0.5) is 0 Å². The van der Waals surface area contributed by atoms with Gasteiger partial charge in [-0.15, -0.1) is 0 Å². The SMILES string of the molecule is Clc1ncc(Br)n1Cc1ccccc1. The van der Waals surface area contributed by atoms with Gasteiger partial charge in [0.2, 0.25) is 5.28 Å². The minimum atomic E-state index is 0.501. The van der Waals surface area contributed by atoms with Crippen molar-refractivity contribution in [3.63, 3.8) is 0 Å². The van der Waals surface area contributed by atoms with E-state index < -0.39 is 0 Å². The largest absolute Gasteiger partial charge is 0.305 e. The summed E-state index contributed by atoms with van der Waals surface area (Å²) in [5.41, 5.74) is 1.20. The zero-order valence-corrected chi connectivity index (χ0v) is 9.66. The molecule has 0 saturated carbocycles. The normalized spacial score (nSPS) is 10.4. The molecule has 2 rings (SSSR count). The van der Waals surface area contributed by atoms with Crippen molar-refractivity contribution in [2.24, 2.45) is 0 Å². The lowest BCUT2D eigenvalue weighted by molar-refractivity contribution is 0.781. The summed E-state index contributed by atoms with van der Waals surface area (Å²) in [4.78, 5) is 3.99. The summed E-state index contributed by atoms with van der Waals surface area (Å²) in [5, 5.41) is 0.501. The molecule has 0 amide bonds. The van der Waals surface area contributed by atoms with Gasteiger partial charge in [-0.3, -0.25) is 0 Å². The number of rotatable bonds is 2. The monoisotopic (exact) mass is 270 g/mol. The van der Waals surface area contributed by atoms with Crippen molar-refractivity contribution in [1.82, 2.24) is 9.55 Å². The molecule has 0 fully saturated rings. The van der Waals surface area contributed by atoms with Gasteiger partial charge in [-0.05, 0) is 33.1 Å². The molecule has 0 bridgehead atoms. The minimum absolute atomic E-state index is 0.501. The van der Waals surface area contributed by atoms with Crippen LogP contribution >= 0.6 is 27.5 Å². The standard InChI is InChI=1S/C10H8BrClN2/c11-9-6-13-10(12)14(9)7-8-4-2-1-3-5-8/h1-6H,7H2. The van der Waals surface area contributed by atoms with Crippen molar-refractivity contribution in [2.45, 2.75) is 6.54 Å². The van der Waals surface area contributed by atoms with E-state index in [1.165, 1.54) is 5.56 Å². The highest BCUT2D eigenvalue weighted by molar-refractivity contribution is 9.10. The molecule has 0 atom stereocenters. The zero-order chi connectivity index (χ0) is 9.97. The van der Waals surface area contributed by atoms with Crippen LogP contribution in [-0.4, -0.2) is 9.55 Å². The topological polar surface area (TPSA) is 17.8 Å². The fraction of sp³-hybridized carbons (Fsp3) is 0.100. The van der Waals surface area contributed by atoms with E-state index in [1.54, 1.807) is 6.20 Å². The molecular formula is C10H8BrClN2. The number of imidazole rings is 1. The Labute approximate surface area is 95.7 Å². The average molecular weight is 272 g/mol.